The molecule has 19 heavy (non-hydrogen) atoms. The smallest absolute Gasteiger partial charge is 0.228 e. The lowest BCUT2D eigenvalue weighted by Crippen LogP contribution is -2.53. The lowest BCUT2D eigenvalue weighted by Gasteiger charge is -2.32. The summed E-state index contributed by atoms with van der Waals surface area (Å²) in [4.78, 5) is 13.4. The fourth-order valence-electron chi connectivity index (χ4n) is 2.18. The van der Waals surface area contributed by atoms with Gasteiger partial charge in [0.25, 0.3) is 0 Å². The van der Waals surface area contributed by atoms with E-state index in [1.807, 2.05) is 26.0 Å². The molecule has 1 amide bonds. The monoisotopic (exact) mass is 346 g/mol. The summed E-state index contributed by atoms with van der Waals surface area (Å²) in [6.07, 6.45) is 0.885. The van der Waals surface area contributed by atoms with E-state index in [0.29, 0.717) is 12.5 Å². The number of carbonyl (C=O) groups is 1. The van der Waals surface area contributed by atoms with Crippen LogP contribution in [0, 0.1) is 5.92 Å². The van der Waals surface area contributed by atoms with Crippen molar-refractivity contribution in [2.24, 2.45) is 11.7 Å². The van der Waals surface area contributed by atoms with Gasteiger partial charge < -0.3 is 11.1 Å². The summed E-state index contributed by atoms with van der Waals surface area (Å²) in [5.74, 6) is 0.400. The number of carbonyl (C=O) groups excluding carboxylic acids is 1. The molecule has 0 aromatic carbocycles. The molecule has 1 aromatic heterocycles. The lowest BCUT2D eigenvalue weighted by atomic mass is 9.90. The first-order valence-electron chi connectivity index (χ1n) is 6.55. The molecule has 0 saturated carbocycles. The molecular weight excluding hydrogens is 324 g/mol. The number of nitrogens with one attached hydrogen (secondary N) is 1. The van der Waals surface area contributed by atoms with E-state index >= 15 is 0 Å². The van der Waals surface area contributed by atoms with Crippen molar-refractivity contribution in [1.29, 1.82) is 0 Å². The third kappa shape index (κ3) is 4.89. The van der Waals surface area contributed by atoms with Crippen LogP contribution in [0.3, 0.4) is 0 Å². The van der Waals surface area contributed by atoms with E-state index in [0.717, 1.165) is 15.1 Å². The minimum absolute atomic E-state index is 0.0444. The van der Waals surface area contributed by atoms with Crippen molar-refractivity contribution in [2.45, 2.75) is 45.6 Å². The van der Waals surface area contributed by atoms with Gasteiger partial charge in [-0.1, -0.05) is 13.8 Å². The van der Waals surface area contributed by atoms with Gasteiger partial charge >= 0.3 is 0 Å². The van der Waals surface area contributed by atoms with Gasteiger partial charge in [0.2, 0.25) is 5.91 Å². The Kier molecular flexibility index (Phi) is 6.02. The number of rotatable bonds is 6. The maximum atomic E-state index is 12.3. The van der Waals surface area contributed by atoms with E-state index in [-0.39, 0.29) is 17.4 Å². The van der Waals surface area contributed by atoms with Gasteiger partial charge in [0, 0.05) is 17.0 Å². The molecule has 0 radical (unpaired) electrons. The molecule has 0 fully saturated rings. The number of thiophene rings is 1. The molecular formula is C14H23BrN2OS. The van der Waals surface area contributed by atoms with Gasteiger partial charge in [-0.2, -0.15) is 0 Å². The number of amides is 1. The molecule has 0 saturated heterocycles. The second-order valence-corrected chi connectivity index (χ2v) is 8.21. The first-order chi connectivity index (χ1) is 8.77. The van der Waals surface area contributed by atoms with Crippen LogP contribution in [0.25, 0.3) is 0 Å². The minimum atomic E-state index is -0.325. The molecule has 1 heterocycles. The molecule has 0 bridgehead atoms. The first kappa shape index (κ1) is 16.7. The Hall–Kier alpha value is -0.390. The Morgan fingerprint density at radius 2 is 2.11 bits per heavy atom. The Balaban J connectivity index is 2.72. The summed E-state index contributed by atoms with van der Waals surface area (Å²) in [6, 6.07) is 3.96. The van der Waals surface area contributed by atoms with Crippen LogP contribution >= 0.6 is 27.3 Å². The van der Waals surface area contributed by atoms with E-state index < -0.39 is 0 Å². The van der Waals surface area contributed by atoms with Crippen molar-refractivity contribution in [3.63, 3.8) is 0 Å². The zero-order valence-electron chi connectivity index (χ0n) is 12.0. The second kappa shape index (κ2) is 6.86. The normalized spacial score (nSPS) is 16.2. The van der Waals surface area contributed by atoms with Crippen molar-refractivity contribution in [3.8, 4) is 0 Å². The number of hydrogen-bond donors (Lipinski definition) is 2. The van der Waals surface area contributed by atoms with E-state index in [2.05, 4.69) is 35.1 Å². The standard InChI is InChI=1S/C14H23BrN2OS/c1-9(2)7-14(4,8-16)17-13(18)10(3)11-5-6-12(15)19-11/h5-6,9-10H,7-8,16H2,1-4H3,(H,17,18). The Morgan fingerprint density at radius 3 is 2.53 bits per heavy atom. The van der Waals surface area contributed by atoms with Crippen LogP contribution in [0.15, 0.2) is 15.9 Å². The second-order valence-electron chi connectivity index (χ2n) is 5.72. The van der Waals surface area contributed by atoms with Gasteiger partial charge in [0.1, 0.15) is 0 Å². The third-order valence-corrected chi connectivity index (χ3v) is 4.95. The average Bonchev–Trinajstić information content (AvgIpc) is 2.73. The predicted molar refractivity (Wildman–Crippen MR) is 85.5 cm³/mol. The zero-order valence-corrected chi connectivity index (χ0v) is 14.4. The Bertz CT molecular complexity index is 433. The third-order valence-electron chi connectivity index (χ3n) is 3.15. The van der Waals surface area contributed by atoms with E-state index in [9.17, 15) is 4.79 Å². The Labute approximate surface area is 128 Å². The molecule has 3 nitrogen and oxygen atoms in total. The molecule has 2 unspecified atom stereocenters. The molecule has 0 aliphatic carbocycles. The summed E-state index contributed by atoms with van der Waals surface area (Å²) >= 11 is 5.02. The van der Waals surface area contributed by atoms with Crippen LogP contribution in [0.4, 0.5) is 0 Å². The molecule has 3 N–H and O–H groups in total. The van der Waals surface area contributed by atoms with E-state index in [4.69, 9.17) is 5.73 Å². The van der Waals surface area contributed by atoms with E-state index in [1.54, 1.807) is 11.3 Å². The fraction of sp³-hybridized carbons (Fsp3) is 0.643. The number of nitrogens with two attached hydrogens (primary N) is 1. The van der Waals surface area contributed by atoms with Crippen LogP contribution in [0.5, 0.6) is 0 Å². The van der Waals surface area contributed by atoms with Crippen LogP contribution in [0.1, 0.15) is 44.9 Å². The van der Waals surface area contributed by atoms with Crippen LogP contribution < -0.4 is 11.1 Å². The molecule has 5 heteroatoms. The Morgan fingerprint density at radius 1 is 1.47 bits per heavy atom. The lowest BCUT2D eigenvalue weighted by molar-refractivity contribution is -0.124. The summed E-state index contributed by atoms with van der Waals surface area (Å²) in [5, 5.41) is 3.11. The van der Waals surface area contributed by atoms with Gasteiger partial charge in [0.15, 0.2) is 0 Å². The maximum Gasteiger partial charge on any atom is 0.228 e. The number of hydrogen-bond acceptors (Lipinski definition) is 3. The van der Waals surface area contributed by atoms with Crippen molar-refractivity contribution >= 4 is 33.2 Å². The molecule has 2 atom stereocenters. The predicted octanol–water partition coefficient (Wildman–Crippen LogP) is 3.49. The van der Waals surface area contributed by atoms with Gasteiger partial charge in [0.05, 0.1) is 9.70 Å². The van der Waals surface area contributed by atoms with Crippen molar-refractivity contribution in [1.82, 2.24) is 5.32 Å². The molecule has 0 aliphatic heterocycles. The van der Waals surface area contributed by atoms with E-state index in [1.165, 1.54) is 0 Å². The molecule has 1 aromatic rings. The van der Waals surface area contributed by atoms with Gasteiger partial charge in [-0.3, -0.25) is 4.79 Å². The topological polar surface area (TPSA) is 55.1 Å². The van der Waals surface area contributed by atoms with Gasteiger partial charge in [-0.05, 0) is 54.2 Å². The first-order valence-corrected chi connectivity index (χ1v) is 8.15. The molecule has 0 aliphatic rings. The fourth-order valence-corrected chi connectivity index (χ4v) is 3.66. The molecule has 0 spiro atoms. The van der Waals surface area contributed by atoms with Crippen LogP contribution in [0.2, 0.25) is 0 Å². The SMILES string of the molecule is CC(C)CC(C)(CN)NC(=O)C(C)c1ccc(Br)s1. The maximum absolute atomic E-state index is 12.3. The summed E-state index contributed by atoms with van der Waals surface area (Å²) < 4.78 is 1.05. The van der Waals surface area contributed by atoms with Crippen molar-refractivity contribution in [3.05, 3.63) is 20.8 Å². The zero-order chi connectivity index (χ0) is 14.6. The van der Waals surface area contributed by atoms with Gasteiger partial charge in [-0.25, -0.2) is 0 Å². The highest BCUT2D eigenvalue weighted by Crippen LogP contribution is 2.29. The van der Waals surface area contributed by atoms with Gasteiger partial charge in [-0.15, -0.1) is 11.3 Å². The van der Waals surface area contributed by atoms with Crippen LogP contribution in [-0.2, 0) is 4.79 Å². The largest absolute Gasteiger partial charge is 0.349 e. The quantitative estimate of drug-likeness (QED) is 0.828. The van der Waals surface area contributed by atoms with Crippen molar-refractivity contribution in [2.75, 3.05) is 6.54 Å². The van der Waals surface area contributed by atoms with Crippen molar-refractivity contribution < 1.29 is 4.79 Å². The summed E-state index contributed by atoms with van der Waals surface area (Å²) in [6.45, 7) is 8.68. The average molecular weight is 347 g/mol. The summed E-state index contributed by atoms with van der Waals surface area (Å²) in [7, 11) is 0. The van der Waals surface area contributed by atoms with Crippen LogP contribution in [-0.4, -0.2) is 18.0 Å². The molecule has 1 rings (SSSR count). The highest BCUT2D eigenvalue weighted by Gasteiger charge is 2.28. The highest BCUT2D eigenvalue weighted by atomic mass is 79.9. The number of halogens is 1. The molecule has 108 valence electrons. The minimum Gasteiger partial charge on any atom is -0.349 e. The summed E-state index contributed by atoms with van der Waals surface area (Å²) in [5.41, 5.74) is 5.50. The highest BCUT2D eigenvalue weighted by molar-refractivity contribution is 9.11.